The number of carbonyl (C=O) groups excluding carboxylic acids is 1. The molecule has 0 saturated heterocycles. The molecule has 2 aromatic rings. The quantitative estimate of drug-likeness (QED) is 0.460. The van der Waals surface area contributed by atoms with Gasteiger partial charge >= 0.3 is 0 Å². The lowest BCUT2D eigenvalue weighted by Gasteiger charge is -2.35. The van der Waals surface area contributed by atoms with Gasteiger partial charge in [0.25, 0.3) is 5.91 Å². The van der Waals surface area contributed by atoms with Gasteiger partial charge in [-0.25, -0.2) is 8.42 Å². The van der Waals surface area contributed by atoms with Gasteiger partial charge in [-0.3, -0.25) is 14.3 Å². The van der Waals surface area contributed by atoms with Crippen molar-refractivity contribution in [3.8, 4) is 5.75 Å². The number of aromatic nitrogens is 1. The first kappa shape index (κ1) is 25.3. The number of benzene rings is 1. The van der Waals surface area contributed by atoms with Crippen molar-refractivity contribution in [2.45, 2.75) is 50.0 Å². The molecule has 11 heteroatoms. The second-order valence-corrected chi connectivity index (χ2v) is 10.9. The van der Waals surface area contributed by atoms with Gasteiger partial charge < -0.3 is 19.8 Å². The van der Waals surface area contributed by atoms with E-state index in [1.807, 2.05) is 6.92 Å². The Kier molecular flexibility index (Phi) is 8.19. The number of ether oxygens (including phenoxy) is 2. The van der Waals surface area contributed by atoms with Gasteiger partial charge in [-0.2, -0.15) is 0 Å². The van der Waals surface area contributed by atoms with Crippen LogP contribution in [0.25, 0.3) is 0 Å². The smallest absolute Gasteiger partial charge is 0.278 e. The number of amides is 1. The van der Waals surface area contributed by atoms with Gasteiger partial charge in [-0.15, -0.1) is 0 Å². The van der Waals surface area contributed by atoms with E-state index in [1.54, 1.807) is 19.1 Å². The molecule has 0 radical (unpaired) electrons. The number of hydrogen-bond acceptors (Lipinski definition) is 7. The van der Waals surface area contributed by atoms with E-state index in [0.717, 1.165) is 17.3 Å². The molecule has 3 rings (SSSR count). The maximum Gasteiger partial charge on any atom is 0.278 e. The van der Waals surface area contributed by atoms with Crippen molar-refractivity contribution < 1.29 is 22.7 Å². The molecule has 1 aromatic heterocycles. The number of carbonyl (C=O) groups is 1. The number of halogens is 1. The fraction of sp³-hybridized carbons (Fsp3) is 0.455. The zero-order chi connectivity index (χ0) is 24.2. The number of nitrogens with one attached hydrogen (secondary N) is 1. The average molecular weight is 542 g/mol. The molecule has 0 fully saturated rings. The molecule has 2 unspecified atom stereocenters. The van der Waals surface area contributed by atoms with Crippen LogP contribution in [-0.2, 0) is 14.6 Å². The normalized spacial score (nSPS) is 15.5. The number of sulfone groups is 1. The Bertz CT molecular complexity index is 1150. The van der Waals surface area contributed by atoms with Gasteiger partial charge in [-0.1, -0.05) is 29.3 Å². The minimum atomic E-state index is -3.70. The van der Waals surface area contributed by atoms with Crippen molar-refractivity contribution in [3.05, 3.63) is 56.9 Å². The first-order chi connectivity index (χ1) is 15.7. The third-order valence-corrected chi connectivity index (χ3v) is 7.83. The highest BCUT2D eigenvalue weighted by Gasteiger charge is 2.33. The molecule has 0 bridgehead atoms. The maximum atomic E-state index is 13.2. The van der Waals surface area contributed by atoms with Crippen LogP contribution >= 0.6 is 15.9 Å². The van der Waals surface area contributed by atoms with Crippen molar-refractivity contribution >= 4 is 31.7 Å². The second-order valence-electron chi connectivity index (χ2n) is 7.77. The molecule has 1 aliphatic heterocycles. The molecule has 0 spiro atoms. The molecular formula is C22H28BrN3O6S. The van der Waals surface area contributed by atoms with Crippen molar-refractivity contribution in [1.82, 2.24) is 9.58 Å². The summed E-state index contributed by atoms with van der Waals surface area (Å²) in [7, 11) is -3.70. The van der Waals surface area contributed by atoms with E-state index in [2.05, 4.69) is 21.4 Å². The molecule has 2 atom stereocenters. The van der Waals surface area contributed by atoms with Crippen LogP contribution in [0.2, 0.25) is 0 Å². The van der Waals surface area contributed by atoms with Crippen LogP contribution in [0.5, 0.6) is 5.75 Å². The summed E-state index contributed by atoms with van der Waals surface area (Å²) in [6.45, 7) is 5.72. The number of nitrogens with zero attached hydrogens (tertiary/aromatic N) is 2. The number of unbranched alkanes of at least 4 members (excludes halogenated alkanes) is 1. The monoisotopic (exact) mass is 541 g/mol. The topological polar surface area (TPSA) is 107 Å². The van der Waals surface area contributed by atoms with Gasteiger partial charge in [0.15, 0.2) is 16.9 Å². The number of rotatable bonds is 10. The van der Waals surface area contributed by atoms with Crippen molar-refractivity contribution in [2.75, 3.05) is 25.3 Å². The minimum Gasteiger partial charge on any atom is -0.487 e. The van der Waals surface area contributed by atoms with Crippen molar-refractivity contribution in [2.24, 2.45) is 0 Å². The molecule has 9 nitrogen and oxygen atoms in total. The summed E-state index contributed by atoms with van der Waals surface area (Å²) in [4.78, 5) is 27.2. The molecule has 33 heavy (non-hydrogen) atoms. The van der Waals surface area contributed by atoms with Gasteiger partial charge in [-0.05, 0) is 44.5 Å². The molecule has 1 amide bonds. The standard InChI is InChI=1S/C22H28BrN3O6S/c1-4-5-12-31-21-19(27)10-11-26-20(21)22(28)25(14-24-26)15(2)13-32-16(3)33(29,30)18-8-6-17(23)7-9-18/h6-11,15-16,24H,4-5,12-14H2,1-3H3. The zero-order valence-corrected chi connectivity index (χ0v) is 21.2. The fourth-order valence-electron chi connectivity index (χ4n) is 3.29. The third kappa shape index (κ3) is 5.59. The summed E-state index contributed by atoms with van der Waals surface area (Å²) in [6, 6.07) is 7.22. The second kappa shape index (κ2) is 10.7. The summed E-state index contributed by atoms with van der Waals surface area (Å²) in [5, 5.41) is 0. The summed E-state index contributed by atoms with van der Waals surface area (Å²) >= 11 is 3.29. The highest BCUT2D eigenvalue weighted by molar-refractivity contribution is 9.10. The molecule has 0 saturated carbocycles. The summed E-state index contributed by atoms with van der Waals surface area (Å²) in [5.41, 5.74) is 1.71. The Balaban J connectivity index is 1.71. The molecule has 1 aliphatic rings. The predicted octanol–water partition coefficient (Wildman–Crippen LogP) is 2.97. The molecule has 1 N–H and O–H groups in total. The van der Waals surface area contributed by atoms with E-state index >= 15 is 0 Å². The van der Waals surface area contributed by atoms with Crippen LogP contribution in [0.3, 0.4) is 0 Å². The lowest BCUT2D eigenvalue weighted by Crippen LogP contribution is -2.52. The van der Waals surface area contributed by atoms with Crippen LogP contribution in [0.15, 0.2) is 50.7 Å². The maximum absolute atomic E-state index is 13.2. The Morgan fingerprint density at radius 3 is 2.52 bits per heavy atom. The van der Waals surface area contributed by atoms with Crippen LogP contribution in [0, 0.1) is 0 Å². The van der Waals surface area contributed by atoms with Crippen molar-refractivity contribution in [1.29, 1.82) is 0 Å². The van der Waals surface area contributed by atoms with E-state index < -0.39 is 27.2 Å². The van der Waals surface area contributed by atoms with Gasteiger partial charge in [0.1, 0.15) is 6.67 Å². The lowest BCUT2D eigenvalue weighted by molar-refractivity contribution is 0.0392. The van der Waals surface area contributed by atoms with E-state index in [-0.39, 0.29) is 35.0 Å². The molecule has 0 aliphatic carbocycles. The zero-order valence-electron chi connectivity index (χ0n) is 18.8. The van der Waals surface area contributed by atoms with Gasteiger partial charge in [0.2, 0.25) is 15.3 Å². The molecule has 2 heterocycles. The summed E-state index contributed by atoms with van der Waals surface area (Å²) in [5.74, 6) is -0.384. The summed E-state index contributed by atoms with van der Waals surface area (Å²) in [6.07, 6.45) is 3.14. The SMILES string of the molecule is CCCCOc1c2n(ccc1=O)NCN(C(C)COC(C)S(=O)(=O)c1ccc(Br)cc1)C2=O. The lowest BCUT2D eigenvalue weighted by atomic mass is 10.2. The Morgan fingerprint density at radius 2 is 1.85 bits per heavy atom. The van der Waals surface area contributed by atoms with Crippen LogP contribution < -0.4 is 15.6 Å². The predicted molar refractivity (Wildman–Crippen MR) is 128 cm³/mol. The average Bonchev–Trinajstić information content (AvgIpc) is 2.79. The van der Waals surface area contributed by atoms with Gasteiger partial charge in [0, 0.05) is 16.7 Å². The third-order valence-electron chi connectivity index (χ3n) is 5.36. The number of hydrogen-bond donors (Lipinski definition) is 1. The van der Waals surface area contributed by atoms with E-state index in [0.29, 0.717) is 6.61 Å². The van der Waals surface area contributed by atoms with Gasteiger partial charge in [0.05, 0.1) is 24.2 Å². The fourth-order valence-corrected chi connectivity index (χ4v) is 4.72. The molecule has 180 valence electrons. The van der Waals surface area contributed by atoms with Crippen LogP contribution in [-0.4, -0.2) is 55.3 Å². The Hall–Kier alpha value is -2.37. The summed E-state index contributed by atoms with van der Waals surface area (Å²) < 4.78 is 39.1. The first-order valence-corrected chi connectivity index (χ1v) is 13.0. The molecular weight excluding hydrogens is 514 g/mol. The molecule has 1 aromatic carbocycles. The van der Waals surface area contributed by atoms with Crippen LogP contribution in [0.4, 0.5) is 0 Å². The minimum absolute atomic E-state index is 0.00651. The Labute approximate surface area is 201 Å². The highest BCUT2D eigenvalue weighted by Crippen LogP contribution is 2.22. The van der Waals surface area contributed by atoms with Crippen molar-refractivity contribution in [3.63, 3.8) is 0 Å². The number of pyridine rings is 1. The first-order valence-electron chi connectivity index (χ1n) is 10.7. The largest absolute Gasteiger partial charge is 0.487 e. The van der Waals surface area contributed by atoms with Crippen LogP contribution in [0.1, 0.15) is 44.1 Å². The highest BCUT2D eigenvalue weighted by atomic mass is 79.9. The Morgan fingerprint density at radius 1 is 1.15 bits per heavy atom. The van der Waals surface area contributed by atoms with E-state index in [9.17, 15) is 18.0 Å². The van der Waals surface area contributed by atoms with E-state index in [1.165, 1.54) is 40.9 Å². The van der Waals surface area contributed by atoms with E-state index in [4.69, 9.17) is 9.47 Å². The number of fused-ring (bicyclic) bond motifs is 1.